The summed E-state index contributed by atoms with van der Waals surface area (Å²) in [4.78, 5) is -1.88. The van der Waals surface area contributed by atoms with Crippen molar-refractivity contribution < 1.29 is 30.4 Å². The normalized spacial score (nSPS) is 12.1. The first-order valence-corrected chi connectivity index (χ1v) is 7.71. The highest BCUT2D eigenvalue weighted by molar-refractivity contribution is 7.94. The lowest BCUT2D eigenvalue weighted by molar-refractivity contribution is 0.358. The monoisotopic (exact) mass is 348 g/mol. The van der Waals surface area contributed by atoms with Gasteiger partial charge in [0.25, 0.3) is 0 Å². The van der Waals surface area contributed by atoms with Crippen LogP contribution >= 0.6 is 0 Å². The van der Waals surface area contributed by atoms with Crippen molar-refractivity contribution in [2.45, 2.75) is 11.8 Å². The van der Waals surface area contributed by atoms with Crippen molar-refractivity contribution in [3.63, 3.8) is 0 Å². The Hall–Kier alpha value is -2.22. The Bertz CT molecular complexity index is 858. The molecular formula is C15H9F5O2S. The fourth-order valence-corrected chi connectivity index (χ4v) is 2.90. The summed E-state index contributed by atoms with van der Waals surface area (Å²) in [6.07, 6.45) is 0.993. The summed E-state index contributed by atoms with van der Waals surface area (Å²) in [5.41, 5.74) is 1.27. The van der Waals surface area contributed by atoms with Crippen LogP contribution < -0.4 is 0 Å². The minimum Gasteiger partial charge on any atom is -0.219 e. The third-order valence-electron chi connectivity index (χ3n) is 2.97. The zero-order chi connectivity index (χ0) is 17.4. The Labute approximate surface area is 128 Å². The fraction of sp³-hybridized carbons (Fsp3) is 0.0667. The van der Waals surface area contributed by atoms with E-state index in [2.05, 4.69) is 0 Å². The van der Waals surface area contributed by atoms with Gasteiger partial charge in [-0.15, -0.1) is 0 Å². The average Bonchev–Trinajstić information content (AvgIpc) is 2.50. The minimum absolute atomic E-state index is 0.378. The van der Waals surface area contributed by atoms with Gasteiger partial charge in [0.2, 0.25) is 15.7 Å². The van der Waals surface area contributed by atoms with Gasteiger partial charge < -0.3 is 0 Å². The second kappa shape index (κ2) is 6.11. The summed E-state index contributed by atoms with van der Waals surface area (Å²) in [5, 5.41) is 0.385. The van der Waals surface area contributed by atoms with Crippen LogP contribution in [0.15, 0.2) is 34.6 Å². The third kappa shape index (κ3) is 3.26. The van der Waals surface area contributed by atoms with Crippen molar-refractivity contribution in [3.05, 3.63) is 69.9 Å². The number of benzene rings is 2. The molecule has 0 radical (unpaired) electrons. The van der Waals surface area contributed by atoms with E-state index < -0.39 is 43.8 Å². The lowest BCUT2D eigenvalue weighted by Crippen LogP contribution is -2.11. The fourth-order valence-electron chi connectivity index (χ4n) is 1.75. The van der Waals surface area contributed by atoms with Gasteiger partial charge in [-0.25, -0.2) is 30.4 Å². The van der Waals surface area contributed by atoms with Gasteiger partial charge in [0.1, 0.15) is 4.90 Å². The van der Waals surface area contributed by atoms with Crippen LogP contribution in [0.25, 0.3) is 6.08 Å². The van der Waals surface area contributed by atoms with Crippen LogP contribution in [-0.2, 0) is 9.84 Å². The number of halogens is 5. The van der Waals surface area contributed by atoms with Crippen molar-refractivity contribution in [2.24, 2.45) is 0 Å². The zero-order valence-corrected chi connectivity index (χ0v) is 12.4. The van der Waals surface area contributed by atoms with Gasteiger partial charge in [0, 0.05) is 5.41 Å². The van der Waals surface area contributed by atoms with Gasteiger partial charge in [-0.3, -0.25) is 0 Å². The molecule has 23 heavy (non-hydrogen) atoms. The summed E-state index contributed by atoms with van der Waals surface area (Å²) < 4.78 is 90.0. The highest BCUT2D eigenvalue weighted by atomic mass is 32.2. The van der Waals surface area contributed by atoms with Gasteiger partial charge in [-0.05, 0) is 18.6 Å². The molecule has 2 rings (SSSR count). The molecule has 2 aromatic rings. The first-order valence-electron chi connectivity index (χ1n) is 6.16. The molecule has 2 aromatic carbocycles. The zero-order valence-electron chi connectivity index (χ0n) is 11.6. The molecule has 0 saturated heterocycles. The molecule has 0 fully saturated rings. The van der Waals surface area contributed by atoms with Crippen LogP contribution in [0.2, 0.25) is 0 Å². The van der Waals surface area contributed by atoms with E-state index in [0.717, 1.165) is 11.6 Å². The molecule has 0 amide bonds. The predicted octanol–water partition coefficient (Wildman–Crippen LogP) is 4.14. The number of sulfone groups is 1. The Morgan fingerprint density at radius 1 is 0.783 bits per heavy atom. The first kappa shape index (κ1) is 17.1. The standard InChI is InChI=1S/C15H9F5O2S/c1-8-2-4-9(5-3-8)6-7-23(21,22)15-13(19)11(17)10(16)12(18)14(15)20/h2-7H,1H3/b7-6+. The van der Waals surface area contributed by atoms with Crippen LogP contribution in [-0.4, -0.2) is 8.42 Å². The maximum atomic E-state index is 13.5. The lowest BCUT2D eigenvalue weighted by atomic mass is 10.2. The van der Waals surface area contributed by atoms with E-state index in [1.54, 1.807) is 19.1 Å². The van der Waals surface area contributed by atoms with Crippen LogP contribution in [0.5, 0.6) is 0 Å². The molecule has 8 heteroatoms. The molecule has 0 bridgehead atoms. The number of hydrogen-bond donors (Lipinski definition) is 0. The molecule has 0 aliphatic heterocycles. The van der Waals surface area contributed by atoms with E-state index in [1.165, 1.54) is 12.1 Å². The lowest BCUT2D eigenvalue weighted by Gasteiger charge is -2.06. The Morgan fingerprint density at radius 2 is 1.22 bits per heavy atom. The van der Waals surface area contributed by atoms with E-state index in [-0.39, 0.29) is 0 Å². The predicted molar refractivity (Wildman–Crippen MR) is 73.6 cm³/mol. The van der Waals surface area contributed by atoms with E-state index in [1.807, 2.05) is 0 Å². The van der Waals surface area contributed by atoms with Gasteiger partial charge in [-0.1, -0.05) is 29.8 Å². The van der Waals surface area contributed by atoms with Crippen molar-refractivity contribution >= 4 is 15.9 Å². The van der Waals surface area contributed by atoms with E-state index in [9.17, 15) is 30.4 Å². The second-order valence-electron chi connectivity index (χ2n) is 4.66. The molecule has 0 atom stereocenters. The van der Waals surface area contributed by atoms with Crippen LogP contribution in [0.4, 0.5) is 22.0 Å². The first-order chi connectivity index (χ1) is 10.6. The molecule has 0 heterocycles. The molecule has 0 aliphatic carbocycles. The molecule has 0 spiro atoms. The topological polar surface area (TPSA) is 34.1 Å². The average molecular weight is 348 g/mol. The van der Waals surface area contributed by atoms with Gasteiger partial charge in [0.15, 0.2) is 23.3 Å². The third-order valence-corrected chi connectivity index (χ3v) is 4.39. The van der Waals surface area contributed by atoms with Gasteiger partial charge >= 0.3 is 0 Å². The molecule has 0 N–H and O–H groups in total. The molecule has 0 saturated carbocycles. The summed E-state index contributed by atoms with van der Waals surface area (Å²) in [5.74, 6) is -11.8. The van der Waals surface area contributed by atoms with Crippen molar-refractivity contribution in [1.29, 1.82) is 0 Å². The van der Waals surface area contributed by atoms with E-state index >= 15 is 0 Å². The number of rotatable bonds is 3. The highest BCUT2D eigenvalue weighted by Crippen LogP contribution is 2.28. The Morgan fingerprint density at radius 3 is 1.70 bits per heavy atom. The SMILES string of the molecule is Cc1ccc(/C=C/S(=O)(=O)c2c(F)c(F)c(F)c(F)c2F)cc1. The largest absolute Gasteiger partial charge is 0.219 e. The van der Waals surface area contributed by atoms with E-state index in [0.29, 0.717) is 11.0 Å². The molecule has 0 aromatic heterocycles. The van der Waals surface area contributed by atoms with Gasteiger partial charge in [0.05, 0.1) is 0 Å². The summed E-state index contributed by atoms with van der Waals surface area (Å²) >= 11 is 0. The Kier molecular flexibility index (Phi) is 4.56. The number of hydrogen-bond acceptors (Lipinski definition) is 2. The van der Waals surface area contributed by atoms with Crippen LogP contribution in [0.3, 0.4) is 0 Å². The quantitative estimate of drug-likeness (QED) is 0.362. The smallest absolute Gasteiger partial charge is 0.205 e. The summed E-state index contributed by atoms with van der Waals surface area (Å²) in [6.45, 7) is 1.79. The highest BCUT2D eigenvalue weighted by Gasteiger charge is 2.32. The van der Waals surface area contributed by atoms with Gasteiger partial charge in [-0.2, -0.15) is 0 Å². The maximum Gasteiger partial charge on any atom is 0.205 e. The van der Waals surface area contributed by atoms with Crippen LogP contribution in [0, 0.1) is 36.0 Å². The molecule has 0 unspecified atom stereocenters. The van der Waals surface area contributed by atoms with Crippen molar-refractivity contribution in [3.8, 4) is 0 Å². The van der Waals surface area contributed by atoms with E-state index in [4.69, 9.17) is 0 Å². The van der Waals surface area contributed by atoms with Crippen molar-refractivity contribution in [1.82, 2.24) is 0 Å². The molecule has 122 valence electrons. The molecule has 2 nitrogen and oxygen atoms in total. The number of aryl methyl sites for hydroxylation is 1. The molecular weight excluding hydrogens is 339 g/mol. The summed E-state index contributed by atoms with van der Waals surface area (Å²) in [7, 11) is -4.87. The Balaban J connectivity index is 2.55. The maximum absolute atomic E-state index is 13.5. The summed E-state index contributed by atoms with van der Waals surface area (Å²) in [6, 6.07) is 6.37. The van der Waals surface area contributed by atoms with Crippen LogP contribution in [0.1, 0.15) is 11.1 Å². The minimum atomic E-state index is -4.87. The van der Waals surface area contributed by atoms with Crippen molar-refractivity contribution in [2.75, 3.05) is 0 Å². The molecule has 0 aliphatic rings. The second-order valence-corrected chi connectivity index (χ2v) is 6.43.